The van der Waals surface area contributed by atoms with Crippen LogP contribution in [-0.2, 0) is 6.54 Å². The van der Waals surface area contributed by atoms with Gasteiger partial charge >= 0.3 is 5.69 Å². The first-order valence-electron chi connectivity index (χ1n) is 8.30. The number of hydrogen-bond acceptors (Lipinski definition) is 7. The lowest BCUT2D eigenvalue weighted by Gasteiger charge is -2.10. The van der Waals surface area contributed by atoms with Crippen molar-refractivity contribution in [3.05, 3.63) is 81.1 Å². The van der Waals surface area contributed by atoms with Gasteiger partial charge in [-0.2, -0.15) is 0 Å². The first kappa shape index (κ1) is 19.2. The number of nitrogens with one attached hydrogen (secondary N) is 2. The number of Topliss-reactive ketones (excluding diaryl/α,β-unsaturated/α-hetero) is 1. The molecule has 0 atom stereocenters. The molecule has 3 rings (SSSR count). The number of aromatic nitrogens is 2. The van der Waals surface area contributed by atoms with Crippen LogP contribution in [0.3, 0.4) is 0 Å². The third kappa shape index (κ3) is 4.60. The second-order valence-electron chi connectivity index (χ2n) is 5.92. The van der Waals surface area contributed by atoms with Crippen LogP contribution in [0.25, 0.3) is 0 Å². The minimum atomic E-state index is -0.554. The molecule has 9 heteroatoms. The number of carbonyl (C=O) groups excluding carboxylic acids is 1. The normalized spacial score (nSPS) is 10.4. The van der Waals surface area contributed by atoms with Gasteiger partial charge in [0.1, 0.15) is 6.33 Å². The van der Waals surface area contributed by atoms with E-state index in [9.17, 15) is 14.9 Å². The van der Waals surface area contributed by atoms with Gasteiger partial charge in [-0.3, -0.25) is 14.9 Å². The topological polar surface area (TPSA) is 110 Å². The Morgan fingerprint density at radius 1 is 1.14 bits per heavy atom. The van der Waals surface area contributed by atoms with Crippen LogP contribution in [0.1, 0.15) is 22.8 Å². The third-order valence-electron chi connectivity index (χ3n) is 3.91. The molecule has 0 radical (unpaired) electrons. The van der Waals surface area contributed by atoms with Crippen LogP contribution in [0.15, 0.2) is 54.9 Å². The highest BCUT2D eigenvalue weighted by Crippen LogP contribution is 2.31. The average Bonchev–Trinajstić information content (AvgIpc) is 2.67. The summed E-state index contributed by atoms with van der Waals surface area (Å²) < 4.78 is 0. The van der Waals surface area contributed by atoms with Crippen molar-refractivity contribution in [1.29, 1.82) is 0 Å². The van der Waals surface area contributed by atoms with E-state index in [0.717, 1.165) is 5.56 Å². The number of carbonyl (C=O) groups is 1. The summed E-state index contributed by atoms with van der Waals surface area (Å²) in [5.74, 6) is 0.00522. The summed E-state index contributed by atoms with van der Waals surface area (Å²) in [6.07, 6.45) is 1.23. The maximum absolute atomic E-state index is 11.6. The van der Waals surface area contributed by atoms with Gasteiger partial charge in [-0.05, 0) is 36.8 Å². The second-order valence-corrected chi connectivity index (χ2v) is 6.36. The Balaban J connectivity index is 1.87. The Bertz CT molecular complexity index is 1020. The lowest BCUT2D eigenvalue weighted by molar-refractivity contribution is -0.383. The van der Waals surface area contributed by atoms with Crippen LogP contribution >= 0.6 is 11.6 Å². The summed E-state index contributed by atoms with van der Waals surface area (Å²) in [5, 5.41) is 18.1. The van der Waals surface area contributed by atoms with E-state index in [1.54, 1.807) is 36.4 Å². The zero-order valence-corrected chi connectivity index (χ0v) is 15.6. The van der Waals surface area contributed by atoms with Crippen LogP contribution in [0.4, 0.5) is 23.0 Å². The maximum atomic E-state index is 11.6. The fraction of sp³-hybridized carbons (Fsp3) is 0.105. The number of ketones is 1. The molecule has 0 aliphatic carbocycles. The van der Waals surface area contributed by atoms with Gasteiger partial charge in [0.2, 0.25) is 11.6 Å². The predicted octanol–water partition coefficient (Wildman–Crippen LogP) is 4.60. The third-order valence-corrected chi connectivity index (χ3v) is 4.16. The van der Waals surface area contributed by atoms with Crippen molar-refractivity contribution >= 4 is 40.4 Å². The minimum Gasteiger partial charge on any atom is -0.360 e. The van der Waals surface area contributed by atoms with Crippen molar-refractivity contribution in [2.24, 2.45) is 0 Å². The molecule has 1 aromatic heterocycles. The highest BCUT2D eigenvalue weighted by molar-refractivity contribution is 6.30. The Morgan fingerprint density at radius 2 is 1.86 bits per heavy atom. The van der Waals surface area contributed by atoms with Gasteiger partial charge < -0.3 is 10.6 Å². The van der Waals surface area contributed by atoms with Gasteiger partial charge in [0, 0.05) is 22.8 Å². The van der Waals surface area contributed by atoms with E-state index in [0.29, 0.717) is 22.8 Å². The number of anilines is 3. The monoisotopic (exact) mass is 397 g/mol. The van der Waals surface area contributed by atoms with E-state index < -0.39 is 4.92 Å². The Labute approximate surface area is 165 Å². The van der Waals surface area contributed by atoms with E-state index >= 15 is 0 Å². The molecular weight excluding hydrogens is 382 g/mol. The summed E-state index contributed by atoms with van der Waals surface area (Å²) in [7, 11) is 0. The SMILES string of the molecule is CC(=O)c1cccc(Nc2ncnc(NCc3ccc(Cl)cc3)c2[N+](=O)[O-])c1. The molecule has 2 N–H and O–H groups in total. The molecule has 3 aromatic rings. The Hall–Kier alpha value is -3.52. The molecule has 2 aromatic carbocycles. The van der Waals surface area contributed by atoms with Crippen molar-refractivity contribution in [3.8, 4) is 0 Å². The lowest BCUT2D eigenvalue weighted by Crippen LogP contribution is -2.08. The highest BCUT2D eigenvalue weighted by Gasteiger charge is 2.23. The van der Waals surface area contributed by atoms with Crippen LogP contribution in [0.5, 0.6) is 0 Å². The number of hydrogen-bond donors (Lipinski definition) is 2. The van der Waals surface area contributed by atoms with Gasteiger partial charge in [0.15, 0.2) is 5.78 Å². The molecule has 1 heterocycles. The van der Waals surface area contributed by atoms with Gasteiger partial charge in [-0.25, -0.2) is 9.97 Å². The number of nitrogens with zero attached hydrogens (tertiary/aromatic N) is 3. The molecule has 142 valence electrons. The summed E-state index contributed by atoms with van der Waals surface area (Å²) >= 11 is 5.86. The van der Waals surface area contributed by atoms with E-state index in [1.807, 2.05) is 12.1 Å². The molecule has 0 aliphatic rings. The minimum absolute atomic E-state index is 0.0271. The molecule has 0 spiro atoms. The number of halogens is 1. The molecule has 0 amide bonds. The molecule has 0 saturated carbocycles. The fourth-order valence-electron chi connectivity index (χ4n) is 2.51. The predicted molar refractivity (Wildman–Crippen MR) is 107 cm³/mol. The number of benzene rings is 2. The van der Waals surface area contributed by atoms with Crippen LogP contribution < -0.4 is 10.6 Å². The molecule has 0 aliphatic heterocycles. The molecule has 0 saturated heterocycles. The summed E-state index contributed by atoms with van der Waals surface area (Å²) in [5.41, 5.74) is 1.60. The zero-order valence-electron chi connectivity index (χ0n) is 14.8. The van der Waals surface area contributed by atoms with Crippen molar-refractivity contribution in [2.45, 2.75) is 13.5 Å². The first-order chi connectivity index (χ1) is 13.4. The smallest absolute Gasteiger partial charge is 0.353 e. The van der Waals surface area contributed by atoms with Crippen LogP contribution in [-0.4, -0.2) is 20.7 Å². The van der Waals surface area contributed by atoms with E-state index in [2.05, 4.69) is 20.6 Å². The highest BCUT2D eigenvalue weighted by atomic mass is 35.5. The van der Waals surface area contributed by atoms with Crippen molar-refractivity contribution in [2.75, 3.05) is 10.6 Å². The van der Waals surface area contributed by atoms with E-state index in [4.69, 9.17) is 11.6 Å². The molecular formula is C19H16ClN5O3. The molecule has 28 heavy (non-hydrogen) atoms. The molecule has 0 fully saturated rings. The summed E-state index contributed by atoms with van der Waals surface area (Å²) in [6, 6.07) is 13.8. The van der Waals surface area contributed by atoms with E-state index in [1.165, 1.54) is 13.3 Å². The molecule has 0 bridgehead atoms. The Kier molecular flexibility index (Phi) is 5.81. The first-order valence-corrected chi connectivity index (χ1v) is 8.67. The van der Waals surface area contributed by atoms with Crippen LogP contribution in [0, 0.1) is 10.1 Å². The maximum Gasteiger partial charge on any atom is 0.353 e. The summed E-state index contributed by atoms with van der Waals surface area (Å²) in [6.45, 7) is 1.78. The zero-order chi connectivity index (χ0) is 20.1. The van der Waals surface area contributed by atoms with Gasteiger partial charge in [-0.1, -0.05) is 35.9 Å². The standard InChI is InChI=1S/C19H16ClN5O3/c1-12(26)14-3-2-4-16(9-14)24-19-17(25(27)28)18(22-11-23-19)21-10-13-5-7-15(20)8-6-13/h2-9,11H,10H2,1H3,(H2,21,22,23,24). The molecule has 0 unspecified atom stereocenters. The van der Waals surface area contributed by atoms with Crippen molar-refractivity contribution in [3.63, 3.8) is 0 Å². The Morgan fingerprint density at radius 3 is 2.54 bits per heavy atom. The van der Waals surface area contributed by atoms with Crippen molar-refractivity contribution < 1.29 is 9.72 Å². The van der Waals surface area contributed by atoms with E-state index in [-0.39, 0.29) is 23.1 Å². The summed E-state index contributed by atoms with van der Waals surface area (Å²) in [4.78, 5) is 30.6. The molecule has 8 nitrogen and oxygen atoms in total. The second kappa shape index (κ2) is 8.45. The number of nitro groups is 1. The van der Waals surface area contributed by atoms with Gasteiger partial charge in [0.25, 0.3) is 0 Å². The van der Waals surface area contributed by atoms with Crippen LogP contribution in [0.2, 0.25) is 5.02 Å². The largest absolute Gasteiger partial charge is 0.360 e. The van der Waals surface area contributed by atoms with Crippen molar-refractivity contribution in [1.82, 2.24) is 9.97 Å². The van der Waals surface area contributed by atoms with Gasteiger partial charge in [0.05, 0.1) is 4.92 Å². The van der Waals surface area contributed by atoms with Gasteiger partial charge in [-0.15, -0.1) is 0 Å². The number of rotatable bonds is 7. The lowest BCUT2D eigenvalue weighted by atomic mass is 10.1. The fourth-order valence-corrected chi connectivity index (χ4v) is 2.64. The quantitative estimate of drug-likeness (QED) is 0.340. The average molecular weight is 398 g/mol.